The third-order valence-corrected chi connectivity index (χ3v) is 3.06. The molecule has 0 aliphatic carbocycles. The van der Waals surface area contributed by atoms with Crippen LogP contribution in [0.25, 0.3) is 0 Å². The molecule has 2 rings (SSSR count). The summed E-state index contributed by atoms with van der Waals surface area (Å²) in [6.07, 6.45) is -4.65. The molecule has 0 aliphatic rings. The molecule has 0 saturated carbocycles. The maximum absolute atomic E-state index is 13.2. The summed E-state index contributed by atoms with van der Waals surface area (Å²) >= 11 is 3.05. The van der Waals surface area contributed by atoms with E-state index in [9.17, 15) is 22.4 Å². The van der Waals surface area contributed by atoms with Crippen molar-refractivity contribution in [2.75, 3.05) is 0 Å². The van der Waals surface area contributed by atoms with E-state index in [1.54, 1.807) is 0 Å². The molecule has 1 heterocycles. The SMILES string of the molecule is O=c1cccc(C(F)(F)F)n1Cc1cc(F)cc(Br)c1. The first-order valence-electron chi connectivity index (χ1n) is 5.49. The van der Waals surface area contributed by atoms with Gasteiger partial charge in [0.1, 0.15) is 11.5 Å². The van der Waals surface area contributed by atoms with Crippen molar-refractivity contribution >= 4 is 15.9 Å². The Labute approximate surface area is 119 Å². The van der Waals surface area contributed by atoms with Gasteiger partial charge in [-0.1, -0.05) is 22.0 Å². The van der Waals surface area contributed by atoms with Gasteiger partial charge in [-0.2, -0.15) is 13.2 Å². The monoisotopic (exact) mass is 349 g/mol. The van der Waals surface area contributed by atoms with Crippen LogP contribution in [0.4, 0.5) is 17.6 Å². The highest BCUT2D eigenvalue weighted by molar-refractivity contribution is 9.10. The van der Waals surface area contributed by atoms with Gasteiger partial charge in [0.2, 0.25) is 0 Å². The molecule has 0 bridgehead atoms. The van der Waals surface area contributed by atoms with Gasteiger partial charge in [0.15, 0.2) is 0 Å². The highest BCUT2D eigenvalue weighted by Crippen LogP contribution is 2.28. The Hall–Kier alpha value is -1.63. The molecule has 0 spiro atoms. The fourth-order valence-corrected chi connectivity index (χ4v) is 2.33. The van der Waals surface area contributed by atoms with E-state index < -0.39 is 23.2 Å². The Morgan fingerprint density at radius 3 is 2.45 bits per heavy atom. The van der Waals surface area contributed by atoms with Crippen LogP contribution in [0.5, 0.6) is 0 Å². The minimum atomic E-state index is -4.65. The van der Waals surface area contributed by atoms with Crippen molar-refractivity contribution in [3.63, 3.8) is 0 Å². The van der Waals surface area contributed by atoms with Gasteiger partial charge in [-0.15, -0.1) is 0 Å². The second-order valence-electron chi connectivity index (χ2n) is 4.11. The fourth-order valence-electron chi connectivity index (χ4n) is 1.82. The van der Waals surface area contributed by atoms with Crippen molar-refractivity contribution in [1.82, 2.24) is 4.57 Å². The van der Waals surface area contributed by atoms with E-state index in [0.717, 1.165) is 24.3 Å². The van der Waals surface area contributed by atoms with Crippen molar-refractivity contribution in [3.05, 3.63) is 68.3 Å². The van der Waals surface area contributed by atoms with Crippen LogP contribution in [0.2, 0.25) is 0 Å². The normalized spacial score (nSPS) is 11.7. The zero-order valence-corrected chi connectivity index (χ0v) is 11.5. The number of hydrogen-bond donors (Lipinski definition) is 0. The molecule has 1 aromatic carbocycles. The number of halogens is 5. The van der Waals surface area contributed by atoms with E-state index >= 15 is 0 Å². The molecule has 0 N–H and O–H groups in total. The number of alkyl halides is 3. The lowest BCUT2D eigenvalue weighted by molar-refractivity contribution is -0.144. The van der Waals surface area contributed by atoms with Crippen LogP contribution in [0.1, 0.15) is 11.3 Å². The Morgan fingerprint density at radius 2 is 1.85 bits per heavy atom. The van der Waals surface area contributed by atoms with Crippen LogP contribution in [-0.4, -0.2) is 4.57 Å². The zero-order valence-electron chi connectivity index (χ0n) is 9.92. The number of pyridine rings is 1. The molecule has 1 aromatic heterocycles. The predicted octanol–water partition coefficient (Wildman–Crippen LogP) is 3.82. The lowest BCUT2D eigenvalue weighted by Gasteiger charge is -2.15. The van der Waals surface area contributed by atoms with Crippen molar-refractivity contribution < 1.29 is 17.6 Å². The number of benzene rings is 1. The highest BCUT2D eigenvalue weighted by atomic mass is 79.9. The maximum atomic E-state index is 13.2. The third kappa shape index (κ3) is 3.27. The van der Waals surface area contributed by atoms with Crippen LogP contribution in [0.15, 0.2) is 45.7 Å². The molecule has 0 amide bonds. The molecule has 7 heteroatoms. The molecule has 0 atom stereocenters. The van der Waals surface area contributed by atoms with E-state index in [0.29, 0.717) is 9.04 Å². The second kappa shape index (κ2) is 5.40. The first-order valence-corrected chi connectivity index (χ1v) is 6.29. The van der Waals surface area contributed by atoms with E-state index in [-0.39, 0.29) is 12.1 Å². The second-order valence-corrected chi connectivity index (χ2v) is 5.03. The van der Waals surface area contributed by atoms with Gasteiger partial charge in [-0.3, -0.25) is 9.36 Å². The summed E-state index contributed by atoms with van der Waals surface area (Å²) < 4.78 is 52.7. The average Bonchev–Trinajstić information content (AvgIpc) is 2.29. The average molecular weight is 350 g/mol. The lowest BCUT2D eigenvalue weighted by atomic mass is 10.2. The van der Waals surface area contributed by atoms with Gasteiger partial charge < -0.3 is 0 Å². The molecule has 0 fully saturated rings. The summed E-state index contributed by atoms with van der Waals surface area (Å²) in [4.78, 5) is 11.6. The van der Waals surface area contributed by atoms with Gasteiger partial charge in [-0.25, -0.2) is 4.39 Å². The molecule has 106 valence electrons. The quantitative estimate of drug-likeness (QED) is 0.755. The smallest absolute Gasteiger partial charge is 0.300 e. The summed E-state index contributed by atoms with van der Waals surface area (Å²) in [7, 11) is 0. The number of nitrogens with zero attached hydrogens (tertiary/aromatic N) is 1. The molecule has 0 unspecified atom stereocenters. The standard InChI is InChI=1S/C13H8BrF4NO/c14-9-4-8(5-10(15)6-9)7-19-11(13(16,17)18)2-1-3-12(19)20/h1-6H,7H2. The van der Waals surface area contributed by atoms with Crippen LogP contribution >= 0.6 is 15.9 Å². The van der Waals surface area contributed by atoms with Crippen LogP contribution < -0.4 is 5.56 Å². The topological polar surface area (TPSA) is 22.0 Å². The third-order valence-electron chi connectivity index (χ3n) is 2.60. The Bertz CT molecular complexity index is 673. The summed E-state index contributed by atoms with van der Waals surface area (Å²) in [5, 5.41) is 0. The van der Waals surface area contributed by atoms with Crippen molar-refractivity contribution in [2.45, 2.75) is 12.7 Å². The molecule has 2 aromatic rings. The summed E-state index contributed by atoms with van der Waals surface area (Å²) in [6, 6.07) is 6.62. The molecule has 0 aliphatic heterocycles. The molecule has 0 radical (unpaired) electrons. The minimum Gasteiger partial charge on any atom is -0.300 e. The molecule has 0 saturated heterocycles. The Kier molecular flexibility index (Phi) is 3.99. The minimum absolute atomic E-state index is 0.260. The fraction of sp³-hybridized carbons (Fsp3) is 0.154. The predicted molar refractivity (Wildman–Crippen MR) is 68.9 cm³/mol. The van der Waals surface area contributed by atoms with E-state index in [1.165, 1.54) is 12.1 Å². The van der Waals surface area contributed by atoms with Gasteiger partial charge >= 0.3 is 6.18 Å². The number of hydrogen-bond acceptors (Lipinski definition) is 1. The van der Waals surface area contributed by atoms with Gasteiger partial charge in [0.05, 0.1) is 6.54 Å². The molecule has 2 nitrogen and oxygen atoms in total. The van der Waals surface area contributed by atoms with E-state index in [1.807, 2.05) is 0 Å². The molecular weight excluding hydrogens is 342 g/mol. The first-order chi connectivity index (χ1) is 9.27. The van der Waals surface area contributed by atoms with Crippen molar-refractivity contribution in [2.24, 2.45) is 0 Å². The number of aromatic nitrogens is 1. The number of rotatable bonds is 2. The highest BCUT2D eigenvalue weighted by Gasteiger charge is 2.34. The molecule has 20 heavy (non-hydrogen) atoms. The maximum Gasteiger partial charge on any atom is 0.431 e. The van der Waals surface area contributed by atoms with Crippen LogP contribution in [-0.2, 0) is 12.7 Å². The van der Waals surface area contributed by atoms with Crippen molar-refractivity contribution in [1.29, 1.82) is 0 Å². The van der Waals surface area contributed by atoms with Gasteiger partial charge in [0.25, 0.3) is 5.56 Å². The van der Waals surface area contributed by atoms with Crippen molar-refractivity contribution in [3.8, 4) is 0 Å². The molecular formula is C13H8BrF4NO. The van der Waals surface area contributed by atoms with E-state index in [2.05, 4.69) is 15.9 Å². The first kappa shape index (κ1) is 14.8. The summed E-state index contributed by atoms with van der Waals surface area (Å²) in [5.74, 6) is -0.591. The largest absolute Gasteiger partial charge is 0.431 e. The zero-order chi connectivity index (χ0) is 14.9. The summed E-state index contributed by atoms with van der Waals surface area (Å²) in [5.41, 5.74) is -1.60. The Morgan fingerprint density at radius 1 is 1.15 bits per heavy atom. The lowest BCUT2D eigenvalue weighted by Crippen LogP contribution is -2.27. The van der Waals surface area contributed by atoms with Gasteiger partial charge in [0, 0.05) is 10.5 Å². The van der Waals surface area contributed by atoms with Crippen LogP contribution in [0, 0.1) is 5.82 Å². The summed E-state index contributed by atoms with van der Waals surface area (Å²) in [6.45, 7) is -0.356. The Balaban J connectivity index is 2.51. The van der Waals surface area contributed by atoms with E-state index in [4.69, 9.17) is 0 Å². The van der Waals surface area contributed by atoms with Crippen LogP contribution in [0.3, 0.4) is 0 Å². The van der Waals surface area contributed by atoms with Gasteiger partial charge in [-0.05, 0) is 29.8 Å².